The van der Waals surface area contributed by atoms with Gasteiger partial charge in [0.25, 0.3) is 0 Å². The molecule has 0 N–H and O–H groups in total. The molecule has 0 unspecified atom stereocenters. The summed E-state index contributed by atoms with van der Waals surface area (Å²) in [4.78, 5) is 16.5. The second-order valence-corrected chi connectivity index (χ2v) is 6.55. The Balaban J connectivity index is 2.73. The molecule has 2 rings (SSSR count). The van der Waals surface area contributed by atoms with Crippen molar-refractivity contribution in [2.24, 2.45) is 5.16 Å². The first-order chi connectivity index (χ1) is 9.36. The third-order valence-electron chi connectivity index (χ3n) is 2.80. The molecule has 0 bridgehead atoms. The normalized spacial score (nSPS) is 14.7. The van der Waals surface area contributed by atoms with Crippen molar-refractivity contribution < 1.29 is 22.8 Å². The summed E-state index contributed by atoms with van der Waals surface area (Å²) in [5.41, 5.74) is 0.696. The Morgan fingerprint density at radius 2 is 2.15 bits per heavy atom. The van der Waals surface area contributed by atoms with Crippen molar-refractivity contribution in [1.82, 2.24) is 0 Å². The number of halogens is 1. The van der Waals surface area contributed by atoms with Crippen molar-refractivity contribution in [2.45, 2.75) is 11.3 Å². The maximum atomic E-state index is 11.8. The summed E-state index contributed by atoms with van der Waals surface area (Å²) in [6, 6.07) is 2.65. The van der Waals surface area contributed by atoms with Crippen molar-refractivity contribution in [1.29, 1.82) is 0 Å². The molecule has 1 aromatic carbocycles. The maximum Gasteiger partial charge on any atom is 0.339 e. The molecule has 0 atom stereocenters. The lowest BCUT2D eigenvalue weighted by Crippen LogP contribution is -2.12. The van der Waals surface area contributed by atoms with E-state index >= 15 is 0 Å². The first-order valence-corrected chi connectivity index (χ1v) is 7.93. The van der Waals surface area contributed by atoms with Gasteiger partial charge in [0, 0.05) is 18.2 Å². The van der Waals surface area contributed by atoms with Crippen molar-refractivity contribution in [3.05, 3.63) is 28.3 Å². The van der Waals surface area contributed by atoms with Gasteiger partial charge in [-0.05, 0) is 12.1 Å². The van der Waals surface area contributed by atoms with Gasteiger partial charge < -0.3 is 9.57 Å². The number of methoxy groups -OCH3 is 1. The molecule has 1 aliphatic rings. The standard InChI is InChI=1S/C12H12ClNO5S/c1-18-12(15)7-3-4-9(20(2,16)17)10(11(7)13)8-5-6-19-14-8/h3-4H,5-6H2,1-2H3. The zero-order chi connectivity index (χ0) is 14.9. The highest BCUT2D eigenvalue weighted by atomic mass is 35.5. The molecule has 0 aromatic heterocycles. The number of benzene rings is 1. The van der Waals surface area contributed by atoms with E-state index in [-0.39, 0.29) is 21.0 Å². The minimum atomic E-state index is -3.52. The zero-order valence-corrected chi connectivity index (χ0v) is 12.4. The molecule has 0 saturated heterocycles. The van der Waals surface area contributed by atoms with Crippen LogP contribution in [0.5, 0.6) is 0 Å². The summed E-state index contributed by atoms with van der Waals surface area (Å²) >= 11 is 6.17. The van der Waals surface area contributed by atoms with Crippen LogP contribution in [0.25, 0.3) is 0 Å². The molecule has 108 valence electrons. The SMILES string of the molecule is COC(=O)c1ccc(S(C)(=O)=O)c(C2=NOCC2)c1Cl. The lowest BCUT2D eigenvalue weighted by Gasteiger charge is -2.12. The van der Waals surface area contributed by atoms with Crippen LogP contribution in [0.15, 0.2) is 22.2 Å². The lowest BCUT2D eigenvalue weighted by atomic mass is 10.0. The molecule has 0 aliphatic carbocycles. The van der Waals surface area contributed by atoms with Crippen LogP contribution in [0.4, 0.5) is 0 Å². The van der Waals surface area contributed by atoms with E-state index < -0.39 is 15.8 Å². The maximum absolute atomic E-state index is 11.8. The number of rotatable bonds is 3. The number of carbonyl (C=O) groups excluding carboxylic acids is 1. The molecular formula is C12H12ClNO5S. The predicted molar refractivity (Wildman–Crippen MR) is 73.0 cm³/mol. The molecule has 20 heavy (non-hydrogen) atoms. The summed E-state index contributed by atoms with van der Waals surface area (Å²) in [6.07, 6.45) is 1.49. The molecule has 0 radical (unpaired) electrons. The van der Waals surface area contributed by atoms with Crippen LogP contribution >= 0.6 is 11.6 Å². The molecule has 0 spiro atoms. The van der Waals surface area contributed by atoms with Gasteiger partial charge >= 0.3 is 5.97 Å². The van der Waals surface area contributed by atoms with Crippen molar-refractivity contribution >= 4 is 33.1 Å². The summed E-state index contributed by atoms with van der Waals surface area (Å²) in [6.45, 7) is 0.345. The Morgan fingerprint density at radius 3 is 2.65 bits per heavy atom. The first kappa shape index (κ1) is 14.8. The average molecular weight is 318 g/mol. The monoisotopic (exact) mass is 317 g/mol. The fourth-order valence-corrected chi connectivity index (χ4v) is 3.20. The number of ether oxygens (including phenoxy) is 1. The minimum Gasteiger partial charge on any atom is -0.465 e. The first-order valence-electron chi connectivity index (χ1n) is 5.66. The van der Waals surface area contributed by atoms with Crippen LogP contribution in [0.2, 0.25) is 5.02 Å². The number of nitrogens with zero attached hydrogens (tertiary/aromatic N) is 1. The number of hydrogen-bond donors (Lipinski definition) is 0. The topological polar surface area (TPSA) is 82.0 Å². The Labute approximate surface area is 121 Å². The summed E-state index contributed by atoms with van der Waals surface area (Å²) in [5, 5.41) is 3.79. The third kappa shape index (κ3) is 2.64. The molecule has 6 nitrogen and oxygen atoms in total. The van der Waals surface area contributed by atoms with Crippen LogP contribution < -0.4 is 0 Å². The van der Waals surface area contributed by atoms with Gasteiger partial charge in [0.1, 0.15) is 6.61 Å². The predicted octanol–water partition coefficient (Wildman–Crippen LogP) is 1.65. The van der Waals surface area contributed by atoms with Gasteiger partial charge in [0.2, 0.25) is 0 Å². The third-order valence-corrected chi connectivity index (χ3v) is 4.33. The van der Waals surface area contributed by atoms with Gasteiger partial charge in [-0.25, -0.2) is 13.2 Å². The van der Waals surface area contributed by atoms with Crippen molar-refractivity contribution in [3.63, 3.8) is 0 Å². The summed E-state index contributed by atoms with van der Waals surface area (Å²) < 4.78 is 28.3. The fraction of sp³-hybridized carbons (Fsp3) is 0.333. The van der Waals surface area contributed by atoms with Crippen LogP contribution in [-0.2, 0) is 19.4 Å². The van der Waals surface area contributed by atoms with Crippen LogP contribution in [-0.4, -0.2) is 40.1 Å². The van der Waals surface area contributed by atoms with E-state index in [1.807, 2.05) is 0 Å². The van der Waals surface area contributed by atoms with Crippen LogP contribution in [0.1, 0.15) is 22.3 Å². The van der Waals surface area contributed by atoms with Gasteiger partial charge in [-0.15, -0.1) is 0 Å². The van der Waals surface area contributed by atoms with Gasteiger partial charge in [-0.2, -0.15) is 0 Å². The fourth-order valence-electron chi connectivity index (χ4n) is 1.89. The smallest absolute Gasteiger partial charge is 0.339 e. The number of oxime groups is 1. The quantitative estimate of drug-likeness (QED) is 0.792. The average Bonchev–Trinajstić information content (AvgIpc) is 2.89. The molecular weight excluding hydrogens is 306 g/mol. The van der Waals surface area contributed by atoms with E-state index in [9.17, 15) is 13.2 Å². The molecule has 0 amide bonds. The van der Waals surface area contributed by atoms with Gasteiger partial charge in [0.15, 0.2) is 9.84 Å². The van der Waals surface area contributed by atoms with E-state index in [1.54, 1.807) is 0 Å². The van der Waals surface area contributed by atoms with E-state index in [2.05, 4.69) is 9.89 Å². The highest BCUT2D eigenvalue weighted by molar-refractivity contribution is 7.90. The number of carbonyl (C=O) groups is 1. The Bertz CT molecular complexity index is 696. The Kier molecular flexibility index (Phi) is 4.01. The van der Waals surface area contributed by atoms with E-state index in [0.29, 0.717) is 18.7 Å². The van der Waals surface area contributed by atoms with Crippen LogP contribution in [0, 0.1) is 0 Å². The number of hydrogen-bond acceptors (Lipinski definition) is 6. The molecule has 0 fully saturated rings. The lowest BCUT2D eigenvalue weighted by molar-refractivity contribution is 0.0601. The van der Waals surface area contributed by atoms with Crippen LogP contribution in [0.3, 0.4) is 0 Å². The molecule has 1 aliphatic heterocycles. The summed E-state index contributed by atoms with van der Waals surface area (Å²) in [5.74, 6) is -0.643. The van der Waals surface area contributed by atoms with E-state index in [4.69, 9.17) is 16.4 Å². The van der Waals surface area contributed by atoms with Crippen molar-refractivity contribution in [2.75, 3.05) is 20.0 Å². The van der Waals surface area contributed by atoms with Gasteiger partial charge in [-0.1, -0.05) is 16.8 Å². The zero-order valence-electron chi connectivity index (χ0n) is 10.8. The van der Waals surface area contributed by atoms with E-state index in [0.717, 1.165) is 6.26 Å². The molecule has 1 aromatic rings. The Morgan fingerprint density at radius 1 is 1.45 bits per heavy atom. The van der Waals surface area contributed by atoms with Gasteiger partial charge in [-0.3, -0.25) is 0 Å². The highest BCUT2D eigenvalue weighted by Gasteiger charge is 2.27. The second-order valence-electron chi connectivity index (χ2n) is 4.19. The van der Waals surface area contributed by atoms with Crippen molar-refractivity contribution in [3.8, 4) is 0 Å². The van der Waals surface area contributed by atoms with Gasteiger partial charge in [0.05, 0.1) is 28.3 Å². The summed E-state index contributed by atoms with van der Waals surface area (Å²) in [7, 11) is -2.29. The largest absolute Gasteiger partial charge is 0.465 e. The minimum absolute atomic E-state index is 0.00373. The number of esters is 1. The second kappa shape index (κ2) is 5.41. The number of sulfone groups is 1. The highest BCUT2D eigenvalue weighted by Crippen LogP contribution is 2.31. The molecule has 1 heterocycles. The molecule has 8 heteroatoms. The Hall–Kier alpha value is -1.60. The van der Waals surface area contributed by atoms with E-state index in [1.165, 1.54) is 19.2 Å². The molecule has 0 saturated carbocycles.